The molecule has 4 heteroatoms. The van der Waals surface area contributed by atoms with Gasteiger partial charge in [-0.15, -0.1) is 0 Å². The Balaban J connectivity index is 3.46. The fourth-order valence-electron chi connectivity index (χ4n) is 0.764. The van der Waals surface area contributed by atoms with E-state index in [0.717, 1.165) is 6.07 Å². The molecule has 0 heterocycles. The highest BCUT2D eigenvalue weighted by Gasteiger charge is 2.09. The van der Waals surface area contributed by atoms with E-state index in [-0.39, 0.29) is 16.1 Å². The highest BCUT2D eigenvalue weighted by molar-refractivity contribution is 6.34. The molecule has 0 fully saturated rings. The molecule has 0 unspecified atom stereocenters. The Bertz CT molecular complexity index is 370. The van der Waals surface area contributed by atoms with Gasteiger partial charge in [-0.3, -0.25) is 4.79 Å². The Morgan fingerprint density at radius 3 is 2.75 bits per heavy atom. The maximum Gasteiger partial charge on any atom is 0.154 e. The molecule has 1 aromatic carbocycles. The molecule has 0 aliphatic carbocycles. The van der Waals surface area contributed by atoms with Crippen LogP contribution >= 0.6 is 11.6 Å². The Morgan fingerprint density at radius 2 is 2.25 bits per heavy atom. The summed E-state index contributed by atoms with van der Waals surface area (Å²) in [5.41, 5.74) is -0.170. The summed E-state index contributed by atoms with van der Waals surface area (Å²) in [7, 11) is 0. The van der Waals surface area contributed by atoms with Crippen LogP contribution in [0.25, 0.3) is 0 Å². The van der Waals surface area contributed by atoms with Gasteiger partial charge in [0.2, 0.25) is 0 Å². The summed E-state index contributed by atoms with van der Waals surface area (Å²) in [6.07, 6.45) is 0.290. The van der Waals surface area contributed by atoms with Crippen molar-refractivity contribution in [1.82, 2.24) is 0 Å². The monoisotopic (exact) mass is 183 g/mol. The van der Waals surface area contributed by atoms with Crippen LogP contribution < -0.4 is 0 Å². The molecule has 0 saturated carbocycles. The lowest BCUT2D eigenvalue weighted by molar-refractivity contribution is 0.112. The number of aldehydes is 1. The molecule has 0 aromatic heterocycles. The van der Waals surface area contributed by atoms with Gasteiger partial charge in [0.1, 0.15) is 11.9 Å². The summed E-state index contributed by atoms with van der Waals surface area (Å²) in [6.45, 7) is 0. The molecule has 12 heavy (non-hydrogen) atoms. The summed E-state index contributed by atoms with van der Waals surface area (Å²) >= 11 is 5.52. The summed E-state index contributed by atoms with van der Waals surface area (Å²) < 4.78 is 12.7. The Morgan fingerprint density at radius 1 is 1.58 bits per heavy atom. The number of nitriles is 1. The summed E-state index contributed by atoms with van der Waals surface area (Å²) in [5.74, 6) is -0.714. The van der Waals surface area contributed by atoms with Crippen molar-refractivity contribution >= 4 is 17.9 Å². The highest BCUT2D eigenvalue weighted by atomic mass is 35.5. The number of nitrogens with zero attached hydrogens (tertiary/aromatic N) is 1. The van der Waals surface area contributed by atoms with Gasteiger partial charge in [0.25, 0.3) is 0 Å². The van der Waals surface area contributed by atoms with Crippen molar-refractivity contribution < 1.29 is 9.18 Å². The molecule has 0 amide bonds. The van der Waals surface area contributed by atoms with Crippen LogP contribution in [0.1, 0.15) is 15.9 Å². The quantitative estimate of drug-likeness (QED) is 0.626. The minimum atomic E-state index is -0.714. The zero-order valence-electron chi connectivity index (χ0n) is 5.84. The van der Waals surface area contributed by atoms with Crippen molar-refractivity contribution in [1.29, 1.82) is 5.26 Å². The third kappa shape index (κ3) is 1.29. The van der Waals surface area contributed by atoms with Gasteiger partial charge in [-0.05, 0) is 12.1 Å². The van der Waals surface area contributed by atoms with Gasteiger partial charge in [-0.1, -0.05) is 11.6 Å². The molecular formula is C8H3ClFNO. The van der Waals surface area contributed by atoms with E-state index in [0.29, 0.717) is 6.29 Å². The largest absolute Gasteiger partial charge is 0.298 e. The van der Waals surface area contributed by atoms with Gasteiger partial charge in [0.05, 0.1) is 16.1 Å². The second-order valence-electron chi connectivity index (χ2n) is 2.05. The first-order valence-corrected chi connectivity index (χ1v) is 3.41. The Hall–Kier alpha value is -1.40. The van der Waals surface area contributed by atoms with Crippen LogP contribution in [0.3, 0.4) is 0 Å². The standard InChI is InChI=1S/C8H3ClFNO/c9-8-5(3-11)1-2-7(10)6(8)4-12/h1-2,4H. The molecule has 0 atom stereocenters. The summed E-state index contributed by atoms with van der Waals surface area (Å²) in [6, 6.07) is 4.00. The van der Waals surface area contributed by atoms with Crippen LogP contribution in [0.2, 0.25) is 5.02 Å². The van der Waals surface area contributed by atoms with Crippen LogP contribution in [0.15, 0.2) is 12.1 Å². The van der Waals surface area contributed by atoms with Crippen molar-refractivity contribution in [3.63, 3.8) is 0 Å². The first-order chi connectivity index (χ1) is 5.70. The normalized spacial score (nSPS) is 9.08. The zero-order chi connectivity index (χ0) is 9.14. The van der Waals surface area contributed by atoms with E-state index < -0.39 is 5.82 Å². The molecule has 0 aliphatic rings. The molecule has 60 valence electrons. The lowest BCUT2D eigenvalue weighted by Crippen LogP contribution is -1.91. The third-order valence-electron chi connectivity index (χ3n) is 1.36. The van der Waals surface area contributed by atoms with Gasteiger partial charge in [-0.2, -0.15) is 5.26 Å². The fraction of sp³-hybridized carbons (Fsp3) is 0. The van der Waals surface area contributed by atoms with Gasteiger partial charge in [0.15, 0.2) is 6.29 Å². The number of benzene rings is 1. The topological polar surface area (TPSA) is 40.9 Å². The van der Waals surface area contributed by atoms with Crippen molar-refractivity contribution in [2.75, 3.05) is 0 Å². The van der Waals surface area contributed by atoms with E-state index in [1.54, 1.807) is 6.07 Å². The first-order valence-electron chi connectivity index (χ1n) is 3.04. The van der Waals surface area contributed by atoms with Gasteiger partial charge in [-0.25, -0.2) is 4.39 Å². The van der Waals surface area contributed by atoms with Crippen molar-refractivity contribution in [3.8, 4) is 6.07 Å². The van der Waals surface area contributed by atoms with E-state index >= 15 is 0 Å². The number of carbonyl (C=O) groups excluding carboxylic acids is 1. The minimum Gasteiger partial charge on any atom is -0.298 e. The minimum absolute atomic E-state index is 0.0974. The maximum absolute atomic E-state index is 12.7. The second kappa shape index (κ2) is 3.33. The van der Waals surface area contributed by atoms with E-state index in [4.69, 9.17) is 16.9 Å². The molecule has 0 aliphatic heterocycles. The SMILES string of the molecule is N#Cc1ccc(F)c(C=O)c1Cl. The van der Waals surface area contributed by atoms with Crippen LogP contribution in [-0.2, 0) is 0 Å². The Kier molecular flexibility index (Phi) is 2.41. The zero-order valence-corrected chi connectivity index (χ0v) is 6.60. The van der Waals surface area contributed by atoms with Crippen LogP contribution in [0, 0.1) is 17.1 Å². The molecule has 0 radical (unpaired) electrons. The molecule has 1 rings (SSSR count). The molecule has 0 bridgehead atoms. The number of hydrogen-bond acceptors (Lipinski definition) is 2. The Labute approximate surface area is 73.2 Å². The fourth-order valence-corrected chi connectivity index (χ4v) is 1.00. The first kappa shape index (κ1) is 8.69. The second-order valence-corrected chi connectivity index (χ2v) is 2.43. The van der Waals surface area contributed by atoms with Crippen molar-refractivity contribution in [2.45, 2.75) is 0 Å². The smallest absolute Gasteiger partial charge is 0.154 e. The predicted molar refractivity (Wildman–Crippen MR) is 41.5 cm³/mol. The average Bonchev–Trinajstić information content (AvgIpc) is 2.06. The molecule has 0 saturated heterocycles. The number of hydrogen-bond donors (Lipinski definition) is 0. The van der Waals surface area contributed by atoms with E-state index in [2.05, 4.69) is 0 Å². The summed E-state index contributed by atoms with van der Waals surface area (Å²) in [5, 5.41) is 8.32. The van der Waals surface area contributed by atoms with Crippen LogP contribution in [0.4, 0.5) is 4.39 Å². The predicted octanol–water partition coefficient (Wildman–Crippen LogP) is 2.16. The summed E-state index contributed by atoms with van der Waals surface area (Å²) in [4.78, 5) is 10.3. The number of halogens is 2. The average molecular weight is 184 g/mol. The number of rotatable bonds is 1. The van der Waals surface area contributed by atoms with Gasteiger partial charge < -0.3 is 0 Å². The highest BCUT2D eigenvalue weighted by Crippen LogP contribution is 2.21. The van der Waals surface area contributed by atoms with E-state index in [1.165, 1.54) is 6.07 Å². The van der Waals surface area contributed by atoms with Gasteiger partial charge in [0, 0.05) is 0 Å². The van der Waals surface area contributed by atoms with Crippen molar-refractivity contribution in [3.05, 3.63) is 34.1 Å². The van der Waals surface area contributed by atoms with Crippen LogP contribution in [0.5, 0.6) is 0 Å². The van der Waals surface area contributed by atoms with Gasteiger partial charge >= 0.3 is 0 Å². The third-order valence-corrected chi connectivity index (χ3v) is 1.77. The van der Waals surface area contributed by atoms with Crippen LogP contribution in [-0.4, -0.2) is 6.29 Å². The molecule has 1 aromatic rings. The molecule has 0 spiro atoms. The van der Waals surface area contributed by atoms with E-state index in [1.807, 2.05) is 0 Å². The van der Waals surface area contributed by atoms with E-state index in [9.17, 15) is 9.18 Å². The maximum atomic E-state index is 12.7. The molecule has 2 nitrogen and oxygen atoms in total. The molecule has 0 N–H and O–H groups in total. The lowest BCUT2D eigenvalue weighted by atomic mass is 10.1. The molecular weight excluding hydrogens is 181 g/mol. The lowest BCUT2D eigenvalue weighted by Gasteiger charge is -1.98. The number of carbonyl (C=O) groups is 1. The van der Waals surface area contributed by atoms with Crippen molar-refractivity contribution in [2.24, 2.45) is 0 Å².